The van der Waals surface area contributed by atoms with Gasteiger partial charge in [0, 0.05) is 16.5 Å². The van der Waals surface area contributed by atoms with Gasteiger partial charge >= 0.3 is 6.18 Å². The van der Waals surface area contributed by atoms with E-state index in [1.807, 2.05) is 0 Å². The maximum atomic E-state index is 13.4. The van der Waals surface area contributed by atoms with Crippen LogP contribution in [0.4, 0.5) is 23.2 Å². The SMILES string of the molecule is Nc1c(-c2nc(-c3ccc(F)cc3)no2)sc2nc(C(F)(F)F)cc(-c3ccco3)c12. The zero-order valence-electron chi connectivity index (χ0n) is 15.3. The number of benzene rings is 1. The molecule has 11 heteroatoms. The average molecular weight is 446 g/mol. The summed E-state index contributed by atoms with van der Waals surface area (Å²) in [5.41, 5.74) is 6.00. The van der Waals surface area contributed by atoms with Crippen LogP contribution in [0.5, 0.6) is 0 Å². The topological polar surface area (TPSA) is 91.0 Å². The van der Waals surface area contributed by atoms with E-state index in [1.165, 1.54) is 36.6 Å². The fourth-order valence-electron chi connectivity index (χ4n) is 3.08. The third-order valence-electron chi connectivity index (χ3n) is 4.50. The quantitative estimate of drug-likeness (QED) is 0.341. The van der Waals surface area contributed by atoms with Crippen LogP contribution in [0, 0.1) is 5.82 Å². The van der Waals surface area contributed by atoms with Gasteiger partial charge in [-0.05, 0) is 42.5 Å². The molecule has 4 heterocycles. The molecule has 0 saturated heterocycles. The summed E-state index contributed by atoms with van der Waals surface area (Å²) in [4.78, 5) is 8.32. The van der Waals surface area contributed by atoms with E-state index in [1.54, 1.807) is 6.07 Å². The summed E-state index contributed by atoms with van der Waals surface area (Å²) in [6.07, 6.45) is -3.31. The molecule has 0 aliphatic heterocycles. The molecule has 4 aromatic heterocycles. The molecule has 0 unspecified atom stereocenters. The summed E-state index contributed by atoms with van der Waals surface area (Å²) in [6.45, 7) is 0. The molecule has 2 N–H and O–H groups in total. The Morgan fingerprint density at radius 2 is 1.81 bits per heavy atom. The number of nitrogen functional groups attached to an aromatic ring is 1. The minimum Gasteiger partial charge on any atom is -0.464 e. The smallest absolute Gasteiger partial charge is 0.433 e. The summed E-state index contributed by atoms with van der Waals surface area (Å²) in [6, 6.07) is 9.44. The van der Waals surface area contributed by atoms with Crippen molar-refractivity contribution in [3.05, 3.63) is 60.2 Å². The fourth-order valence-corrected chi connectivity index (χ4v) is 4.12. The van der Waals surface area contributed by atoms with Gasteiger partial charge in [0.25, 0.3) is 5.89 Å². The average Bonchev–Trinajstić information content (AvgIpc) is 3.47. The predicted molar refractivity (Wildman–Crippen MR) is 105 cm³/mol. The molecule has 5 rings (SSSR count). The van der Waals surface area contributed by atoms with Gasteiger partial charge in [-0.15, -0.1) is 11.3 Å². The van der Waals surface area contributed by atoms with E-state index >= 15 is 0 Å². The molecule has 0 aliphatic carbocycles. The van der Waals surface area contributed by atoms with Gasteiger partial charge in [-0.3, -0.25) is 0 Å². The lowest BCUT2D eigenvalue weighted by molar-refractivity contribution is -0.140. The van der Waals surface area contributed by atoms with Gasteiger partial charge in [-0.25, -0.2) is 9.37 Å². The number of nitrogens with two attached hydrogens (primary N) is 1. The molecular weight excluding hydrogens is 436 g/mol. The summed E-state index contributed by atoms with van der Waals surface area (Å²) in [7, 11) is 0. The Morgan fingerprint density at radius 1 is 1.03 bits per heavy atom. The third kappa shape index (κ3) is 3.32. The molecule has 0 radical (unpaired) electrons. The van der Waals surface area contributed by atoms with Gasteiger partial charge in [-0.2, -0.15) is 18.2 Å². The molecule has 31 heavy (non-hydrogen) atoms. The Morgan fingerprint density at radius 3 is 2.48 bits per heavy atom. The van der Waals surface area contributed by atoms with Crippen LogP contribution >= 0.6 is 11.3 Å². The van der Waals surface area contributed by atoms with E-state index in [-0.39, 0.29) is 38.4 Å². The predicted octanol–water partition coefficient (Wildman–Crippen LogP) is 6.01. The fraction of sp³-hybridized carbons (Fsp3) is 0.0500. The largest absolute Gasteiger partial charge is 0.464 e. The Kier molecular flexibility index (Phi) is 4.29. The first-order chi connectivity index (χ1) is 14.8. The molecule has 0 spiro atoms. The van der Waals surface area contributed by atoms with Crippen molar-refractivity contribution >= 4 is 27.2 Å². The number of anilines is 1. The highest BCUT2D eigenvalue weighted by Gasteiger charge is 2.35. The van der Waals surface area contributed by atoms with Crippen LogP contribution in [0.1, 0.15) is 5.69 Å². The van der Waals surface area contributed by atoms with Crippen molar-refractivity contribution in [2.45, 2.75) is 6.18 Å². The van der Waals surface area contributed by atoms with E-state index in [4.69, 9.17) is 14.7 Å². The Bertz CT molecular complexity index is 1390. The molecule has 0 saturated carbocycles. The molecule has 0 aliphatic rings. The summed E-state index contributed by atoms with van der Waals surface area (Å²) in [5, 5.41) is 4.15. The molecule has 0 atom stereocenters. The van der Waals surface area contributed by atoms with Crippen LogP contribution in [0.3, 0.4) is 0 Å². The minimum atomic E-state index is -4.66. The summed E-state index contributed by atoms with van der Waals surface area (Å²) in [5.74, 6) is -0.00877. The van der Waals surface area contributed by atoms with Crippen molar-refractivity contribution in [3.63, 3.8) is 0 Å². The first-order valence-corrected chi connectivity index (χ1v) is 9.57. The van der Waals surface area contributed by atoms with Crippen LogP contribution in [0.25, 0.3) is 43.7 Å². The maximum Gasteiger partial charge on any atom is 0.433 e. The number of fused-ring (bicyclic) bond motifs is 1. The van der Waals surface area contributed by atoms with Gasteiger partial charge < -0.3 is 14.7 Å². The number of pyridine rings is 1. The standard InChI is InChI=1S/C20H10F4N4O2S/c21-10-5-3-9(4-6-10)17-27-18(30-28-17)16-15(25)14-11(12-2-1-7-29-12)8-13(20(22,23)24)26-19(14)31-16/h1-8H,25H2. The number of thiophene rings is 1. The van der Waals surface area contributed by atoms with Crippen LogP contribution in [0.15, 0.2) is 57.7 Å². The highest BCUT2D eigenvalue weighted by Crippen LogP contribution is 2.46. The van der Waals surface area contributed by atoms with Crippen LogP contribution in [-0.2, 0) is 6.18 Å². The molecule has 1 aromatic carbocycles. The molecule has 0 bridgehead atoms. The molecule has 5 aromatic rings. The van der Waals surface area contributed by atoms with Gasteiger partial charge in [0.15, 0.2) is 0 Å². The number of halogens is 4. The maximum absolute atomic E-state index is 13.4. The highest BCUT2D eigenvalue weighted by atomic mass is 32.1. The van der Waals surface area contributed by atoms with Crippen LogP contribution < -0.4 is 5.73 Å². The van der Waals surface area contributed by atoms with Gasteiger partial charge in [0.05, 0.1) is 12.0 Å². The van der Waals surface area contributed by atoms with Gasteiger partial charge in [0.2, 0.25) is 5.82 Å². The summed E-state index contributed by atoms with van der Waals surface area (Å²) < 4.78 is 63.9. The first kappa shape index (κ1) is 19.2. The lowest BCUT2D eigenvalue weighted by Crippen LogP contribution is -2.08. The number of nitrogens with zero attached hydrogens (tertiary/aromatic N) is 3. The monoisotopic (exact) mass is 446 g/mol. The number of furan rings is 1. The summed E-state index contributed by atoms with van der Waals surface area (Å²) >= 11 is 0.896. The number of hydrogen-bond acceptors (Lipinski definition) is 7. The number of hydrogen-bond donors (Lipinski definition) is 1. The van der Waals surface area contributed by atoms with E-state index < -0.39 is 17.7 Å². The zero-order chi connectivity index (χ0) is 21.8. The van der Waals surface area contributed by atoms with Gasteiger partial charge in [0.1, 0.15) is 27.0 Å². The second-order valence-electron chi connectivity index (χ2n) is 6.49. The van der Waals surface area contributed by atoms with Crippen molar-refractivity contribution in [2.24, 2.45) is 0 Å². The molecule has 0 fully saturated rings. The molecule has 156 valence electrons. The van der Waals surface area contributed by atoms with Crippen LogP contribution in [0.2, 0.25) is 0 Å². The second-order valence-corrected chi connectivity index (χ2v) is 7.48. The molecular formula is C20H10F4N4O2S. The first-order valence-electron chi connectivity index (χ1n) is 8.75. The number of rotatable bonds is 3. The molecule has 0 amide bonds. The van der Waals surface area contributed by atoms with Crippen molar-refractivity contribution < 1.29 is 26.5 Å². The van der Waals surface area contributed by atoms with Gasteiger partial charge in [-0.1, -0.05) is 5.16 Å². The number of aromatic nitrogens is 3. The molecule has 6 nitrogen and oxygen atoms in total. The second kappa shape index (κ2) is 6.91. The Labute approximate surface area is 174 Å². The normalized spacial score (nSPS) is 12.0. The van der Waals surface area contributed by atoms with Crippen LogP contribution in [-0.4, -0.2) is 15.1 Å². The zero-order valence-corrected chi connectivity index (χ0v) is 16.1. The van der Waals surface area contributed by atoms with Crippen molar-refractivity contribution in [1.29, 1.82) is 0 Å². The minimum absolute atomic E-state index is 0.0128. The van der Waals surface area contributed by atoms with Crippen molar-refractivity contribution in [1.82, 2.24) is 15.1 Å². The lowest BCUT2D eigenvalue weighted by Gasteiger charge is -2.08. The van der Waals surface area contributed by atoms with Crippen molar-refractivity contribution in [3.8, 4) is 33.5 Å². The van der Waals surface area contributed by atoms with E-state index in [0.717, 1.165) is 17.4 Å². The van der Waals surface area contributed by atoms with Crippen molar-refractivity contribution in [2.75, 3.05) is 5.73 Å². The lowest BCUT2D eigenvalue weighted by atomic mass is 10.1. The highest BCUT2D eigenvalue weighted by molar-refractivity contribution is 7.22. The third-order valence-corrected chi connectivity index (χ3v) is 5.59. The van der Waals surface area contributed by atoms with E-state index in [9.17, 15) is 17.6 Å². The Balaban J connectivity index is 1.68. The Hall–Kier alpha value is -3.73. The van der Waals surface area contributed by atoms with E-state index in [2.05, 4.69) is 15.1 Å². The van der Waals surface area contributed by atoms with E-state index in [0.29, 0.717) is 10.9 Å². The number of alkyl halides is 3.